The first-order valence-corrected chi connectivity index (χ1v) is 5.26. The monoisotopic (exact) mass is 226 g/mol. The summed E-state index contributed by atoms with van der Waals surface area (Å²) < 4.78 is 5.55. The fourth-order valence-corrected chi connectivity index (χ4v) is 1.68. The number of ether oxygens (including phenoxy) is 1. The normalized spacial score (nSPS) is 16.2. The molecule has 1 aliphatic rings. The summed E-state index contributed by atoms with van der Waals surface area (Å²) in [6.45, 7) is 0. The fraction of sp³-hybridized carbons (Fsp3) is 0. The number of rotatable bonds is 1. The number of nitrogens with one attached hydrogen (secondary N) is 2. The van der Waals surface area contributed by atoms with Gasteiger partial charge in [-0.25, -0.2) is 0 Å². The van der Waals surface area contributed by atoms with Crippen molar-refractivity contribution >= 4 is 17.7 Å². The van der Waals surface area contributed by atoms with Gasteiger partial charge in [0.05, 0.1) is 5.69 Å². The van der Waals surface area contributed by atoms with Gasteiger partial charge in [-0.1, -0.05) is 12.1 Å². The predicted molar refractivity (Wildman–Crippen MR) is 64.5 cm³/mol. The minimum Gasteiger partial charge on any atom is -0.449 e. The summed E-state index contributed by atoms with van der Waals surface area (Å²) in [6, 6.07) is 11.1. The van der Waals surface area contributed by atoms with E-state index in [-0.39, 0.29) is 11.7 Å². The third kappa shape index (κ3) is 1.80. The molecule has 2 aromatic rings. The number of carbonyl (C=O) groups excluding carboxylic acids is 1. The summed E-state index contributed by atoms with van der Waals surface area (Å²) in [6.07, 6.45) is 3.46. The van der Waals surface area contributed by atoms with E-state index in [0.29, 0.717) is 11.4 Å². The van der Waals surface area contributed by atoms with Gasteiger partial charge in [0.1, 0.15) is 0 Å². The van der Waals surface area contributed by atoms with Crippen LogP contribution in [0.1, 0.15) is 5.69 Å². The average Bonchev–Trinajstić information content (AvgIpc) is 2.83. The van der Waals surface area contributed by atoms with Crippen LogP contribution < -0.4 is 10.1 Å². The standard InChI is InChI=1S/C13H10N2O2/c16-13-12(8-9-4-3-7-14-9)17-11-6-2-1-5-10(11)15-13/h1-8,14H,(H,15,16)/b12-8-. The third-order valence-corrected chi connectivity index (χ3v) is 2.49. The average molecular weight is 226 g/mol. The molecule has 0 saturated heterocycles. The first kappa shape index (κ1) is 9.72. The summed E-state index contributed by atoms with van der Waals surface area (Å²) in [7, 11) is 0. The van der Waals surface area contributed by atoms with Crippen molar-refractivity contribution < 1.29 is 9.53 Å². The van der Waals surface area contributed by atoms with E-state index in [1.807, 2.05) is 30.3 Å². The van der Waals surface area contributed by atoms with Gasteiger partial charge in [0.2, 0.25) is 0 Å². The Morgan fingerprint density at radius 3 is 2.82 bits per heavy atom. The summed E-state index contributed by atoms with van der Waals surface area (Å²) >= 11 is 0. The molecular formula is C13H10N2O2. The van der Waals surface area contributed by atoms with E-state index in [4.69, 9.17) is 4.74 Å². The molecule has 0 bridgehead atoms. The highest BCUT2D eigenvalue weighted by atomic mass is 16.5. The zero-order chi connectivity index (χ0) is 11.7. The second-order valence-corrected chi connectivity index (χ2v) is 3.69. The van der Waals surface area contributed by atoms with Crippen LogP contribution in [-0.2, 0) is 4.79 Å². The second kappa shape index (κ2) is 3.83. The van der Waals surface area contributed by atoms with Gasteiger partial charge >= 0.3 is 0 Å². The number of aromatic nitrogens is 1. The Kier molecular flexibility index (Phi) is 2.19. The highest BCUT2D eigenvalue weighted by Gasteiger charge is 2.21. The number of hydrogen-bond acceptors (Lipinski definition) is 2. The molecule has 0 unspecified atom stereocenters. The number of H-pyrrole nitrogens is 1. The van der Waals surface area contributed by atoms with Gasteiger partial charge < -0.3 is 15.0 Å². The van der Waals surface area contributed by atoms with Crippen LogP contribution in [0.25, 0.3) is 6.08 Å². The molecule has 4 nitrogen and oxygen atoms in total. The Bertz CT molecular complexity index is 585. The predicted octanol–water partition coefficient (Wildman–Crippen LogP) is 2.39. The maximum absolute atomic E-state index is 11.8. The lowest BCUT2D eigenvalue weighted by atomic mass is 10.2. The lowest BCUT2D eigenvalue weighted by Gasteiger charge is -2.19. The highest BCUT2D eigenvalue weighted by molar-refractivity contribution is 6.07. The van der Waals surface area contributed by atoms with Crippen molar-refractivity contribution in [2.75, 3.05) is 5.32 Å². The fourth-order valence-electron chi connectivity index (χ4n) is 1.68. The van der Waals surface area contributed by atoms with Crippen LogP contribution in [0.15, 0.2) is 48.4 Å². The van der Waals surface area contributed by atoms with Crippen LogP contribution in [0, 0.1) is 0 Å². The molecule has 2 heterocycles. The minimum atomic E-state index is -0.238. The Hall–Kier alpha value is -2.49. The second-order valence-electron chi connectivity index (χ2n) is 3.69. The molecule has 0 fully saturated rings. The molecule has 1 aromatic carbocycles. The van der Waals surface area contributed by atoms with Crippen molar-refractivity contribution in [3.63, 3.8) is 0 Å². The highest BCUT2D eigenvalue weighted by Crippen LogP contribution is 2.30. The Morgan fingerprint density at radius 2 is 2.00 bits per heavy atom. The van der Waals surface area contributed by atoms with Gasteiger partial charge in [-0.3, -0.25) is 4.79 Å². The van der Waals surface area contributed by atoms with E-state index >= 15 is 0 Å². The number of anilines is 1. The van der Waals surface area contributed by atoms with Crippen LogP contribution in [0.5, 0.6) is 5.75 Å². The van der Waals surface area contributed by atoms with Gasteiger partial charge in [-0.15, -0.1) is 0 Å². The first-order valence-electron chi connectivity index (χ1n) is 5.26. The van der Waals surface area contributed by atoms with E-state index in [1.54, 1.807) is 18.3 Å². The molecule has 0 atom stereocenters. The Morgan fingerprint density at radius 1 is 1.12 bits per heavy atom. The molecule has 17 heavy (non-hydrogen) atoms. The summed E-state index contributed by atoms with van der Waals surface area (Å²) in [5.41, 5.74) is 1.52. The van der Waals surface area contributed by atoms with Crippen LogP contribution >= 0.6 is 0 Å². The van der Waals surface area contributed by atoms with Crippen molar-refractivity contribution in [1.29, 1.82) is 0 Å². The number of hydrogen-bond donors (Lipinski definition) is 2. The lowest BCUT2D eigenvalue weighted by Crippen LogP contribution is -2.23. The van der Waals surface area contributed by atoms with Crippen molar-refractivity contribution in [3.05, 3.63) is 54.0 Å². The van der Waals surface area contributed by atoms with Gasteiger partial charge in [0, 0.05) is 18.0 Å². The van der Waals surface area contributed by atoms with E-state index in [0.717, 1.165) is 5.69 Å². The third-order valence-electron chi connectivity index (χ3n) is 2.49. The SMILES string of the molecule is O=C1Nc2ccccc2O/C1=C\c1ccc[nH]1. The number of amides is 1. The summed E-state index contributed by atoms with van der Waals surface area (Å²) in [4.78, 5) is 14.8. The molecule has 2 N–H and O–H groups in total. The Labute approximate surface area is 97.9 Å². The first-order chi connectivity index (χ1) is 8.33. The molecular weight excluding hydrogens is 216 g/mol. The molecule has 84 valence electrons. The lowest BCUT2D eigenvalue weighted by molar-refractivity contribution is -0.115. The molecule has 1 aliphatic heterocycles. The largest absolute Gasteiger partial charge is 0.449 e. The maximum Gasteiger partial charge on any atom is 0.291 e. The van der Waals surface area contributed by atoms with Gasteiger partial charge in [0.15, 0.2) is 11.5 Å². The number of aromatic amines is 1. The van der Waals surface area contributed by atoms with Gasteiger partial charge in [0.25, 0.3) is 5.91 Å². The van der Waals surface area contributed by atoms with E-state index in [9.17, 15) is 4.79 Å². The number of fused-ring (bicyclic) bond motifs is 1. The van der Waals surface area contributed by atoms with Crippen LogP contribution in [0.2, 0.25) is 0 Å². The van der Waals surface area contributed by atoms with Gasteiger partial charge in [-0.2, -0.15) is 0 Å². The van der Waals surface area contributed by atoms with E-state index in [1.165, 1.54) is 0 Å². The van der Waals surface area contributed by atoms with Crippen molar-refractivity contribution in [2.45, 2.75) is 0 Å². The molecule has 1 aromatic heterocycles. The topological polar surface area (TPSA) is 54.1 Å². The van der Waals surface area contributed by atoms with Crippen LogP contribution in [0.3, 0.4) is 0 Å². The number of benzene rings is 1. The molecule has 0 aliphatic carbocycles. The molecule has 3 rings (SSSR count). The molecule has 0 radical (unpaired) electrons. The van der Waals surface area contributed by atoms with Crippen molar-refractivity contribution in [2.24, 2.45) is 0 Å². The molecule has 1 amide bonds. The molecule has 0 saturated carbocycles. The van der Waals surface area contributed by atoms with Crippen molar-refractivity contribution in [1.82, 2.24) is 4.98 Å². The van der Waals surface area contributed by atoms with Crippen molar-refractivity contribution in [3.8, 4) is 5.75 Å². The molecule has 0 spiro atoms. The molecule has 4 heteroatoms. The maximum atomic E-state index is 11.8. The zero-order valence-corrected chi connectivity index (χ0v) is 8.94. The van der Waals surface area contributed by atoms with E-state index < -0.39 is 0 Å². The number of para-hydroxylation sites is 2. The zero-order valence-electron chi connectivity index (χ0n) is 8.94. The van der Waals surface area contributed by atoms with Crippen LogP contribution in [-0.4, -0.2) is 10.9 Å². The minimum absolute atomic E-state index is 0.238. The van der Waals surface area contributed by atoms with Gasteiger partial charge in [-0.05, 0) is 24.3 Å². The van der Waals surface area contributed by atoms with Crippen LogP contribution in [0.4, 0.5) is 5.69 Å². The number of carbonyl (C=O) groups is 1. The summed E-state index contributed by atoms with van der Waals surface area (Å²) in [5.74, 6) is 0.703. The Balaban J connectivity index is 1.97. The smallest absolute Gasteiger partial charge is 0.291 e. The summed E-state index contributed by atoms with van der Waals surface area (Å²) in [5, 5.41) is 2.78. The van der Waals surface area contributed by atoms with E-state index in [2.05, 4.69) is 10.3 Å². The quantitative estimate of drug-likeness (QED) is 0.733.